The van der Waals surface area contributed by atoms with Crippen LogP contribution in [-0.2, 0) is 15.6 Å². The van der Waals surface area contributed by atoms with Gasteiger partial charge in [-0.15, -0.1) is 0 Å². The van der Waals surface area contributed by atoms with E-state index in [1.165, 1.54) is 66.8 Å². The molecule has 0 aromatic heterocycles. The van der Waals surface area contributed by atoms with Gasteiger partial charge >= 0.3 is 0 Å². The van der Waals surface area contributed by atoms with Crippen LogP contribution in [0.15, 0.2) is 108 Å². The predicted molar refractivity (Wildman–Crippen MR) is 278 cm³/mol. The highest BCUT2D eigenvalue weighted by Crippen LogP contribution is 2.80. The van der Waals surface area contributed by atoms with Crippen LogP contribution in [0.25, 0.3) is 11.1 Å². The Bertz CT molecular complexity index is 2250. The molecular formula is C63H86O. The van der Waals surface area contributed by atoms with E-state index in [0.29, 0.717) is 5.78 Å². The molecular weight excluding hydrogens is 773 g/mol. The van der Waals surface area contributed by atoms with Crippen LogP contribution in [0, 0.1) is 60.2 Å². The quantitative estimate of drug-likeness (QED) is 0.123. The average molecular weight is 859 g/mol. The number of rotatable bonds is 14. The maximum atomic E-state index is 18.4. The summed E-state index contributed by atoms with van der Waals surface area (Å²) >= 11 is 0. The summed E-state index contributed by atoms with van der Waals surface area (Å²) in [6, 6.07) is 37.0. The molecule has 0 fully saturated rings. The molecule has 0 aliphatic heterocycles. The Morgan fingerprint density at radius 2 is 0.734 bits per heavy atom. The van der Waals surface area contributed by atoms with Crippen LogP contribution in [0.3, 0.4) is 0 Å². The third kappa shape index (κ3) is 5.95. The first-order valence-corrected chi connectivity index (χ1v) is 25.5. The Hall–Kier alpha value is -3.97. The SMILES string of the molecule is CCC1=C(c2ccccc2)C(C)(CC)C(C)(c2ccc(C)cc2C)C(CC)(CC)C1(C)C(=O)C1(C)C(CC)=C(c2ccccc2)C(C)(CC)C(C)(c2ccc(C)cc2C)C1(CC)CC. The Balaban J connectivity index is 1.96. The summed E-state index contributed by atoms with van der Waals surface area (Å²) in [4.78, 5) is 18.4. The van der Waals surface area contributed by atoms with E-state index in [-0.39, 0.29) is 10.8 Å². The summed E-state index contributed by atoms with van der Waals surface area (Å²) < 4.78 is 0. The highest BCUT2D eigenvalue weighted by Gasteiger charge is 2.77. The van der Waals surface area contributed by atoms with E-state index in [1.807, 2.05) is 0 Å². The molecule has 0 N–H and O–H groups in total. The molecule has 6 atom stereocenters. The third-order valence-corrected chi connectivity index (χ3v) is 20.4. The molecule has 0 saturated heterocycles. The van der Waals surface area contributed by atoms with Crippen molar-refractivity contribution in [1.82, 2.24) is 0 Å². The van der Waals surface area contributed by atoms with Gasteiger partial charge in [0.15, 0.2) is 5.78 Å². The molecule has 64 heavy (non-hydrogen) atoms. The second-order valence-corrected chi connectivity index (χ2v) is 21.6. The van der Waals surface area contributed by atoms with Gasteiger partial charge in [0, 0.05) is 21.7 Å². The number of Topliss-reactive ketones (excluding diaryl/α,β-unsaturated/α-hetero) is 1. The lowest BCUT2D eigenvalue weighted by Crippen LogP contribution is -2.72. The van der Waals surface area contributed by atoms with Crippen LogP contribution in [0.2, 0.25) is 0 Å². The van der Waals surface area contributed by atoms with Crippen LogP contribution < -0.4 is 0 Å². The molecule has 6 rings (SSSR count). The van der Waals surface area contributed by atoms with Crippen molar-refractivity contribution in [3.8, 4) is 0 Å². The van der Waals surface area contributed by atoms with Crippen molar-refractivity contribution in [3.63, 3.8) is 0 Å². The van der Waals surface area contributed by atoms with Gasteiger partial charge in [0.05, 0.1) is 10.8 Å². The minimum atomic E-state index is -0.854. The molecule has 4 aromatic carbocycles. The van der Waals surface area contributed by atoms with Crippen molar-refractivity contribution in [2.24, 2.45) is 32.5 Å². The minimum absolute atomic E-state index is 0.293. The standard InChI is InChI=1S/C63H86O/c1-19-49-53(47-33-29-27-30-34-47)56(13,21-3)60(17,51-39-37-43(9)41-45(51)11)62(23-5,24-6)58(49,15)55(64)59(16)50(20-2)54(48-35-31-28-32-36-48)57(14,22-4)61(18,63(59,25-7)26-8)52-40-38-44(10)42-46(52)12/h27-42H,19-26H2,1-18H3. The zero-order valence-electron chi connectivity index (χ0n) is 43.8. The van der Waals surface area contributed by atoms with Gasteiger partial charge < -0.3 is 0 Å². The third-order valence-electron chi connectivity index (χ3n) is 20.4. The zero-order chi connectivity index (χ0) is 47.5. The van der Waals surface area contributed by atoms with E-state index in [2.05, 4.69) is 222 Å². The molecule has 2 aliphatic carbocycles. The second-order valence-electron chi connectivity index (χ2n) is 21.6. The van der Waals surface area contributed by atoms with Crippen LogP contribution >= 0.6 is 0 Å². The lowest BCUT2D eigenvalue weighted by Gasteiger charge is -2.73. The number of carbonyl (C=O) groups is 1. The summed E-state index contributed by atoms with van der Waals surface area (Å²) in [5.41, 5.74) is 12.0. The van der Waals surface area contributed by atoms with Crippen molar-refractivity contribution < 1.29 is 4.79 Å². The molecule has 0 saturated carbocycles. The van der Waals surface area contributed by atoms with Gasteiger partial charge in [-0.25, -0.2) is 0 Å². The Morgan fingerprint density at radius 1 is 0.422 bits per heavy atom. The van der Waals surface area contributed by atoms with Gasteiger partial charge in [-0.3, -0.25) is 4.79 Å². The molecule has 0 bridgehead atoms. The molecule has 1 nitrogen and oxygen atoms in total. The number of hydrogen-bond acceptors (Lipinski definition) is 1. The first-order valence-electron chi connectivity index (χ1n) is 25.5. The topological polar surface area (TPSA) is 17.1 Å². The van der Waals surface area contributed by atoms with Crippen molar-refractivity contribution in [2.75, 3.05) is 0 Å². The Morgan fingerprint density at radius 3 is 0.984 bits per heavy atom. The molecule has 6 unspecified atom stereocenters. The van der Waals surface area contributed by atoms with E-state index >= 15 is 4.79 Å². The first-order chi connectivity index (χ1) is 30.2. The Labute approximate surface area is 392 Å². The van der Waals surface area contributed by atoms with Gasteiger partial charge in [0.2, 0.25) is 0 Å². The maximum absolute atomic E-state index is 18.4. The van der Waals surface area contributed by atoms with Gasteiger partial charge in [0.25, 0.3) is 0 Å². The van der Waals surface area contributed by atoms with Crippen LogP contribution in [0.1, 0.15) is 193 Å². The smallest absolute Gasteiger partial charge is 0.153 e. The lowest BCUT2D eigenvalue weighted by molar-refractivity contribution is -0.170. The first kappa shape index (κ1) is 49.5. The molecule has 0 amide bonds. The lowest BCUT2D eigenvalue weighted by atomic mass is 9.28. The molecule has 0 radical (unpaired) electrons. The fourth-order valence-corrected chi connectivity index (χ4v) is 17.0. The minimum Gasteiger partial charge on any atom is -0.298 e. The normalized spacial score (nSPS) is 30.2. The largest absolute Gasteiger partial charge is 0.298 e. The van der Waals surface area contributed by atoms with Gasteiger partial charge in [-0.1, -0.05) is 202 Å². The highest BCUT2D eigenvalue weighted by atomic mass is 16.1. The number of ketones is 1. The van der Waals surface area contributed by atoms with Gasteiger partial charge in [-0.2, -0.15) is 0 Å². The monoisotopic (exact) mass is 859 g/mol. The van der Waals surface area contributed by atoms with Crippen molar-refractivity contribution in [2.45, 2.75) is 187 Å². The van der Waals surface area contributed by atoms with Crippen LogP contribution in [0.5, 0.6) is 0 Å². The van der Waals surface area contributed by atoms with E-state index in [1.54, 1.807) is 0 Å². The molecule has 0 heterocycles. The van der Waals surface area contributed by atoms with Crippen molar-refractivity contribution >= 4 is 16.9 Å². The number of allylic oxidation sites excluding steroid dienone is 4. The highest BCUT2D eigenvalue weighted by molar-refractivity contribution is 6.03. The average Bonchev–Trinajstić information content (AvgIpc) is 3.29. The number of aryl methyl sites for hydroxylation is 4. The van der Waals surface area contributed by atoms with Gasteiger partial charge in [0.1, 0.15) is 0 Å². The number of hydrogen-bond donors (Lipinski definition) is 0. The molecule has 1 heteroatoms. The molecule has 4 aromatic rings. The second kappa shape index (κ2) is 17.4. The number of benzene rings is 4. The molecule has 2 aliphatic rings. The predicted octanol–water partition coefficient (Wildman–Crippen LogP) is 17.9. The van der Waals surface area contributed by atoms with Gasteiger partial charge in [-0.05, 0) is 148 Å². The molecule has 0 spiro atoms. The fraction of sp³-hybridized carbons (Fsp3) is 0.540. The van der Waals surface area contributed by atoms with E-state index in [0.717, 1.165) is 51.4 Å². The van der Waals surface area contributed by atoms with E-state index in [4.69, 9.17) is 0 Å². The van der Waals surface area contributed by atoms with Crippen LogP contribution in [-0.4, -0.2) is 5.78 Å². The fourth-order valence-electron chi connectivity index (χ4n) is 17.0. The summed E-state index contributed by atoms with van der Waals surface area (Å²) in [7, 11) is 0. The van der Waals surface area contributed by atoms with Crippen molar-refractivity contribution in [1.29, 1.82) is 0 Å². The number of carbonyl (C=O) groups excluding carboxylic acids is 1. The van der Waals surface area contributed by atoms with E-state index < -0.39 is 32.5 Å². The summed E-state index contributed by atoms with van der Waals surface area (Å²) in [6.45, 7) is 43.8. The van der Waals surface area contributed by atoms with E-state index in [9.17, 15) is 0 Å². The summed E-state index contributed by atoms with van der Waals surface area (Å²) in [5.74, 6) is 0.436. The summed E-state index contributed by atoms with van der Waals surface area (Å²) in [5, 5.41) is 0. The maximum Gasteiger partial charge on any atom is 0.153 e. The summed E-state index contributed by atoms with van der Waals surface area (Å²) in [6.07, 6.45) is 7.08. The Kier molecular flexibility index (Phi) is 13.4. The van der Waals surface area contributed by atoms with Crippen LogP contribution in [0.4, 0.5) is 0 Å². The van der Waals surface area contributed by atoms with Crippen molar-refractivity contribution in [3.05, 3.63) is 153 Å². The molecule has 344 valence electrons. The zero-order valence-corrected chi connectivity index (χ0v) is 43.8.